The summed E-state index contributed by atoms with van der Waals surface area (Å²) in [6, 6.07) is 13.2. The van der Waals surface area contributed by atoms with Gasteiger partial charge in [-0.25, -0.2) is 4.79 Å². The third-order valence-electron chi connectivity index (χ3n) is 5.45. The van der Waals surface area contributed by atoms with Crippen molar-refractivity contribution in [3.05, 3.63) is 63.1 Å². The van der Waals surface area contributed by atoms with E-state index in [9.17, 15) is 9.59 Å². The van der Waals surface area contributed by atoms with Gasteiger partial charge in [-0.2, -0.15) is 0 Å². The molecule has 3 amide bonds. The van der Waals surface area contributed by atoms with Crippen LogP contribution in [0.3, 0.4) is 0 Å². The van der Waals surface area contributed by atoms with E-state index in [0.29, 0.717) is 31.0 Å². The highest BCUT2D eigenvalue weighted by molar-refractivity contribution is 9.10. The third-order valence-corrected chi connectivity index (χ3v) is 6.19. The third kappa shape index (κ3) is 4.57. The maximum atomic E-state index is 12.1. The lowest BCUT2D eigenvalue weighted by atomic mass is 9.87. The van der Waals surface area contributed by atoms with Gasteiger partial charge in [0.1, 0.15) is 17.9 Å². The Bertz CT molecular complexity index is 927. The Morgan fingerprint density at radius 1 is 1.10 bits per heavy atom. The summed E-state index contributed by atoms with van der Waals surface area (Å²) in [5, 5.41) is 5.85. The van der Waals surface area contributed by atoms with Gasteiger partial charge < -0.3 is 10.1 Å². The van der Waals surface area contributed by atoms with Gasteiger partial charge in [-0.3, -0.25) is 15.0 Å². The van der Waals surface area contributed by atoms with Gasteiger partial charge in [0, 0.05) is 34.7 Å². The molecule has 2 fully saturated rings. The fraction of sp³-hybridized carbons (Fsp3) is 0.333. The number of nitrogens with one attached hydrogen (secondary N) is 2. The number of rotatable bonds is 5. The predicted octanol–water partition coefficient (Wildman–Crippen LogP) is 3.86. The average molecular weight is 479 g/mol. The number of ether oxygens (including phenoxy) is 1. The van der Waals surface area contributed by atoms with Crippen LogP contribution in [0.25, 0.3) is 0 Å². The van der Waals surface area contributed by atoms with Crippen LogP contribution in [0.2, 0.25) is 5.02 Å². The lowest BCUT2D eigenvalue weighted by Crippen LogP contribution is -2.54. The molecule has 2 aromatic carbocycles. The molecule has 2 aromatic rings. The molecule has 8 heteroatoms. The Balaban J connectivity index is 1.41. The summed E-state index contributed by atoms with van der Waals surface area (Å²) in [6.07, 6.45) is 1.19. The fourth-order valence-electron chi connectivity index (χ4n) is 3.77. The maximum absolute atomic E-state index is 12.1. The molecule has 152 valence electrons. The van der Waals surface area contributed by atoms with Gasteiger partial charge in [-0.1, -0.05) is 39.7 Å². The number of piperidine rings is 1. The van der Waals surface area contributed by atoms with E-state index in [-0.39, 0.29) is 5.91 Å². The summed E-state index contributed by atoms with van der Waals surface area (Å²) in [5.74, 6) is 0.618. The Morgan fingerprint density at radius 3 is 2.48 bits per heavy atom. The van der Waals surface area contributed by atoms with E-state index in [1.54, 1.807) is 0 Å². The van der Waals surface area contributed by atoms with Crippen molar-refractivity contribution in [2.24, 2.45) is 0 Å². The lowest BCUT2D eigenvalue weighted by Gasteiger charge is -2.37. The number of imide groups is 1. The molecule has 2 N–H and O–H groups in total. The molecule has 2 saturated heterocycles. The number of urea groups is 1. The van der Waals surface area contributed by atoms with Gasteiger partial charge in [-0.15, -0.1) is 0 Å². The van der Waals surface area contributed by atoms with E-state index in [4.69, 9.17) is 16.3 Å². The number of amides is 3. The highest BCUT2D eigenvalue weighted by atomic mass is 79.9. The van der Waals surface area contributed by atoms with Crippen molar-refractivity contribution in [3.63, 3.8) is 0 Å². The minimum Gasteiger partial charge on any atom is -0.489 e. The minimum atomic E-state index is -0.751. The minimum absolute atomic E-state index is 0.211. The second kappa shape index (κ2) is 8.34. The second-order valence-electron chi connectivity index (χ2n) is 7.43. The van der Waals surface area contributed by atoms with Crippen LogP contribution in [0.5, 0.6) is 5.75 Å². The summed E-state index contributed by atoms with van der Waals surface area (Å²) >= 11 is 9.48. The highest BCUT2D eigenvalue weighted by Crippen LogP contribution is 2.30. The number of likely N-dealkylation sites (tertiary alicyclic amines) is 1. The second-order valence-corrected chi connectivity index (χ2v) is 8.79. The maximum Gasteiger partial charge on any atom is 0.322 e. The van der Waals surface area contributed by atoms with Crippen molar-refractivity contribution in [2.75, 3.05) is 13.1 Å². The highest BCUT2D eigenvalue weighted by Gasteiger charge is 2.47. The van der Waals surface area contributed by atoms with Gasteiger partial charge in [0.2, 0.25) is 0 Å². The molecule has 2 heterocycles. The van der Waals surface area contributed by atoms with Crippen molar-refractivity contribution in [2.45, 2.75) is 31.5 Å². The molecule has 1 spiro atoms. The van der Waals surface area contributed by atoms with E-state index in [1.165, 1.54) is 0 Å². The molecule has 0 aromatic heterocycles. The number of nitrogens with zero attached hydrogens (tertiary/aromatic N) is 1. The van der Waals surface area contributed by atoms with Crippen molar-refractivity contribution in [1.29, 1.82) is 0 Å². The van der Waals surface area contributed by atoms with Crippen molar-refractivity contribution < 1.29 is 14.3 Å². The number of benzene rings is 2. The molecule has 0 radical (unpaired) electrons. The van der Waals surface area contributed by atoms with E-state index in [1.807, 2.05) is 36.4 Å². The lowest BCUT2D eigenvalue weighted by molar-refractivity contribution is -0.125. The molecule has 2 aliphatic rings. The summed E-state index contributed by atoms with van der Waals surface area (Å²) in [6.45, 7) is 2.61. The van der Waals surface area contributed by atoms with Crippen molar-refractivity contribution in [1.82, 2.24) is 15.5 Å². The number of hydrogen-bond donors (Lipinski definition) is 2. The van der Waals surface area contributed by atoms with Gasteiger partial charge in [0.05, 0.1) is 0 Å². The zero-order valence-corrected chi connectivity index (χ0v) is 18.1. The van der Waals surface area contributed by atoms with Crippen LogP contribution in [0.1, 0.15) is 24.0 Å². The summed E-state index contributed by atoms with van der Waals surface area (Å²) < 4.78 is 7.06. The van der Waals surface area contributed by atoms with E-state index in [2.05, 4.69) is 37.5 Å². The smallest absolute Gasteiger partial charge is 0.322 e. The zero-order chi connectivity index (χ0) is 20.4. The topological polar surface area (TPSA) is 70.7 Å². The standard InChI is InChI=1S/C21H21BrClN3O3/c22-16-3-6-18(29-13-14-1-4-17(23)5-2-14)15(11-16)12-26-9-7-21(8-10-26)19(27)24-20(28)25-21/h1-6,11H,7-10,12-13H2,(H2,24,25,27,28). The molecule has 0 saturated carbocycles. The number of carbonyl (C=O) groups excluding carboxylic acids is 2. The number of carbonyl (C=O) groups is 2. The van der Waals surface area contributed by atoms with E-state index in [0.717, 1.165) is 34.4 Å². The monoisotopic (exact) mass is 477 g/mol. The molecule has 0 atom stereocenters. The fourth-order valence-corrected chi connectivity index (χ4v) is 4.30. The first-order valence-electron chi connectivity index (χ1n) is 9.45. The first-order chi connectivity index (χ1) is 13.9. The van der Waals surface area contributed by atoms with Gasteiger partial charge >= 0.3 is 6.03 Å². The van der Waals surface area contributed by atoms with Crippen LogP contribution in [0.4, 0.5) is 4.79 Å². The molecule has 0 unspecified atom stereocenters. The number of hydrogen-bond acceptors (Lipinski definition) is 4. The van der Waals surface area contributed by atoms with Gasteiger partial charge in [-0.05, 0) is 48.7 Å². The molecule has 0 aliphatic carbocycles. The summed E-state index contributed by atoms with van der Waals surface area (Å²) in [5.41, 5.74) is 1.37. The van der Waals surface area contributed by atoms with E-state index >= 15 is 0 Å². The normalized spacial score (nSPS) is 18.6. The average Bonchev–Trinajstić information content (AvgIpc) is 2.97. The molecular formula is C21H21BrClN3O3. The summed E-state index contributed by atoms with van der Waals surface area (Å²) in [4.78, 5) is 25.9. The van der Waals surface area contributed by atoms with Crippen LogP contribution in [-0.4, -0.2) is 35.5 Å². The molecule has 2 aliphatic heterocycles. The molecule has 6 nitrogen and oxygen atoms in total. The zero-order valence-electron chi connectivity index (χ0n) is 15.7. The van der Waals surface area contributed by atoms with Crippen LogP contribution in [0, 0.1) is 0 Å². The van der Waals surface area contributed by atoms with Crippen LogP contribution in [-0.2, 0) is 17.9 Å². The molecule has 4 rings (SSSR count). The van der Waals surface area contributed by atoms with Crippen molar-refractivity contribution in [3.8, 4) is 5.75 Å². The van der Waals surface area contributed by atoms with Gasteiger partial charge in [0.15, 0.2) is 0 Å². The Kier molecular flexibility index (Phi) is 5.81. The van der Waals surface area contributed by atoms with Crippen LogP contribution in [0.15, 0.2) is 46.9 Å². The van der Waals surface area contributed by atoms with Gasteiger partial charge in [0.25, 0.3) is 5.91 Å². The first-order valence-corrected chi connectivity index (χ1v) is 10.6. The van der Waals surface area contributed by atoms with Crippen LogP contribution >= 0.6 is 27.5 Å². The van der Waals surface area contributed by atoms with Crippen molar-refractivity contribution >= 4 is 39.5 Å². The SMILES string of the molecule is O=C1NC(=O)C2(CCN(Cc3cc(Br)ccc3OCc3ccc(Cl)cc3)CC2)N1. The Hall–Kier alpha value is -2.09. The molecule has 29 heavy (non-hydrogen) atoms. The largest absolute Gasteiger partial charge is 0.489 e. The quantitative estimate of drug-likeness (QED) is 0.640. The Labute approximate surface area is 182 Å². The predicted molar refractivity (Wildman–Crippen MR) is 114 cm³/mol. The first kappa shape index (κ1) is 20.2. The summed E-state index contributed by atoms with van der Waals surface area (Å²) in [7, 11) is 0. The Morgan fingerprint density at radius 2 is 1.83 bits per heavy atom. The van der Waals surface area contributed by atoms with Crippen LogP contribution < -0.4 is 15.4 Å². The molecular weight excluding hydrogens is 458 g/mol. The molecule has 0 bridgehead atoms. The number of halogens is 2. The van der Waals surface area contributed by atoms with E-state index < -0.39 is 11.6 Å².